The molecule has 2 aromatic heterocycles. The second-order valence-electron chi connectivity index (χ2n) is 9.74. The number of unbranched alkanes of at least 4 members (excludes halogenated alkanes) is 1. The number of pyridine rings is 2. The smallest absolute Gasteiger partial charge is 0.258 e. The third kappa shape index (κ3) is 3.96. The van der Waals surface area contributed by atoms with Gasteiger partial charge in [-0.05, 0) is 63.3 Å². The first-order valence-electron chi connectivity index (χ1n) is 12.3. The number of halogens is 1. The van der Waals surface area contributed by atoms with Crippen LogP contribution >= 0.6 is 0 Å². The van der Waals surface area contributed by atoms with E-state index in [4.69, 9.17) is 14.5 Å². The van der Waals surface area contributed by atoms with Crippen molar-refractivity contribution in [3.8, 4) is 11.4 Å². The van der Waals surface area contributed by atoms with Crippen LogP contribution in [0.4, 0.5) is 4.39 Å². The van der Waals surface area contributed by atoms with Crippen molar-refractivity contribution >= 4 is 10.9 Å². The van der Waals surface area contributed by atoms with Crippen LogP contribution in [0.25, 0.3) is 22.3 Å². The number of nitrogens with zero attached hydrogens (tertiary/aromatic N) is 2. The van der Waals surface area contributed by atoms with Crippen molar-refractivity contribution in [2.45, 2.75) is 71.3 Å². The lowest BCUT2D eigenvalue weighted by Gasteiger charge is -2.35. The minimum Gasteiger partial charge on any atom is -0.490 e. The molecule has 0 saturated heterocycles. The fourth-order valence-corrected chi connectivity index (χ4v) is 5.18. The molecule has 0 aliphatic carbocycles. The highest BCUT2D eigenvalue weighted by molar-refractivity contribution is 5.87. The number of ether oxygens (including phenoxy) is 2. The number of fused-ring (bicyclic) bond motifs is 5. The normalized spacial score (nSPS) is 18.5. The van der Waals surface area contributed by atoms with Crippen LogP contribution in [0.2, 0.25) is 0 Å². The van der Waals surface area contributed by atoms with E-state index in [-0.39, 0.29) is 29.8 Å². The fraction of sp³-hybridized carbons (Fsp3) is 0.429. The van der Waals surface area contributed by atoms with Crippen molar-refractivity contribution in [1.82, 2.24) is 9.55 Å². The highest BCUT2D eigenvalue weighted by Gasteiger charge is 2.41. The largest absolute Gasteiger partial charge is 0.490 e. The second-order valence-corrected chi connectivity index (χ2v) is 9.74. The summed E-state index contributed by atoms with van der Waals surface area (Å²) >= 11 is 0. The average molecular weight is 479 g/mol. The van der Waals surface area contributed by atoms with Crippen LogP contribution in [-0.2, 0) is 34.6 Å². The van der Waals surface area contributed by atoms with Crippen LogP contribution < -0.4 is 5.56 Å². The molecule has 4 heterocycles. The summed E-state index contributed by atoms with van der Waals surface area (Å²) < 4.78 is 27.4. The number of hydrogen-bond acceptors (Lipinski definition) is 5. The van der Waals surface area contributed by atoms with E-state index in [0.717, 1.165) is 35.8 Å². The van der Waals surface area contributed by atoms with Crippen molar-refractivity contribution in [2.24, 2.45) is 0 Å². The maximum absolute atomic E-state index is 14.5. The lowest BCUT2D eigenvalue weighted by atomic mass is 9.84. The summed E-state index contributed by atoms with van der Waals surface area (Å²) in [4.78, 5) is 18.2. The lowest BCUT2D eigenvalue weighted by Crippen LogP contribution is -2.38. The van der Waals surface area contributed by atoms with E-state index in [1.54, 1.807) is 10.6 Å². The van der Waals surface area contributed by atoms with E-state index in [1.807, 2.05) is 32.9 Å². The van der Waals surface area contributed by atoms with E-state index < -0.39 is 5.60 Å². The lowest BCUT2D eigenvalue weighted by molar-refractivity contribution is -0.0172. The standard InChI is InChI=1S/C28H31FN2O4/c1-5-28(33)17(4)35-15-22-23(28)13-25-26-19(14-31(25)27(22)32)11-21-18(8-6-7-9-34-16(2)3)10-20(29)12-24(21)30-26/h10-13,16,33H,4-9,14-15H2,1-3H3/t28-/m1/s1. The molecular formula is C28H31FN2O4. The van der Waals surface area contributed by atoms with Gasteiger partial charge in [-0.3, -0.25) is 4.79 Å². The van der Waals surface area contributed by atoms with E-state index in [2.05, 4.69) is 6.58 Å². The SMILES string of the molecule is C=C1OCc2c(cc3n(c2=O)Cc2cc4c(CCCCOC(C)C)cc(F)cc4nc2-3)[C@@]1(O)CC. The Hall–Kier alpha value is -3.03. The maximum Gasteiger partial charge on any atom is 0.258 e. The Morgan fingerprint density at radius 3 is 2.83 bits per heavy atom. The third-order valence-electron chi connectivity index (χ3n) is 7.14. The van der Waals surface area contributed by atoms with Gasteiger partial charge in [0.25, 0.3) is 5.56 Å². The van der Waals surface area contributed by atoms with Crippen LogP contribution in [0.3, 0.4) is 0 Å². The maximum atomic E-state index is 14.5. The number of hydrogen-bond donors (Lipinski definition) is 1. The molecule has 1 aromatic carbocycles. The monoisotopic (exact) mass is 478 g/mol. The number of aromatic nitrogens is 2. The highest BCUT2D eigenvalue weighted by atomic mass is 19.1. The summed E-state index contributed by atoms with van der Waals surface area (Å²) in [5.74, 6) is -0.0833. The Morgan fingerprint density at radius 1 is 1.29 bits per heavy atom. The minimum atomic E-state index is -1.43. The highest BCUT2D eigenvalue weighted by Crippen LogP contribution is 2.42. The van der Waals surface area contributed by atoms with Gasteiger partial charge in [-0.2, -0.15) is 0 Å². The van der Waals surface area contributed by atoms with Gasteiger partial charge < -0.3 is 19.1 Å². The van der Waals surface area contributed by atoms with Crippen LogP contribution in [0.5, 0.6) is 0 Å². The number of aryl methyl sites for hydroxylation is 1. The molecule has 0 radical (unpaired) electrons. The van der Waals surface area contributed by atoms with E-state index in [1.165, 1.54) is 6.07 Å². The molecule has 35 heavy (non-hydrogen) atoms. The van der Waals surface area contributed by atoms with Gasteiger partial charge in [-0.1, -0.05) is 13.5 Å². The molecule has 184 valence electrons. The summed E-state index contributed by atoms with van der Waals surface area (Å²) in [6.07, 6.45) is 3.03. The Balaban J connectivity index is 1.55. The van der Waals surface area contributed by atoms with Gasteiger partial charge in [-0.25, -0.2) is 9.37 Å². The second kappa shape index (κ2) is 8.88. The first kappa shape index (κ1) is 23.7. The molecule has 0 fully saturated rings. The molecule has 5 rings (SSSR count). The molecule has 2 aliphatic heterocycles. The summed E-state index contributed by atoms with van der Waals surface area (Å²) in [7, 11) is 0. The zero-order chi connectivity index (χ0) is 24.9. The van der Waals surface area contributed by atoms with Crippen molar-refractivity contribution in [1.29, 1.82) is 0 Å². The van der Waals surface area contributed by atoms with Gasteiger partial charge in [0.2, 0.25) is 0 Å². The predicted octanol–water partition coefficient (Wildman–Crippen LogP) is 4.95. The number of aliphatic hydroxyl groups is 1. The molecule has 1 N–H and O–H groups in total. The van der Waals surface area contributed by atoms with Crippen LogP contribution in [0, 0.1) is 5.82 Å². The van der Waals surface area contributed by atoms with Gasteiger partial charge in [0.15, 0.2) is 0 Å². The van der Waals surface area contributed by atoms with Crippen molar-refractivity contribution in [2.75, 3.05) is 6.61 Å². The molecule has 3 aromatic rings. The summed E-state index contributed by atoms with van der Waals surface area (Å²) in [5, 5.41) is 12.2. The zero-order valence-electron chi connectivity index (χ0n) is 20.5. The predicted molar refractivity (Wildman–Crippen MR) is 133 cm³/mol. The molecule has 0 unspecified atom stereocenters. The first-order valence-corrected chi connectivity index (χ1v) is 12.3. The van der Waals surface area contributed by atoms with E-state index in [9.17, 15) is 14.3 Å². The van der Waals surface area contributed by atoms with Gasteiger partial charge in [0.1, 0.15) is 23.8 Å². The third-order valence-corrected chi connectivity index (χ3v) is 7.14. The Morgan fingerprint density at radius 2 is 2.09 bits per heavy atom. The summed E-state index contributed by atoms with van der Waals surface area (Å²) in [6.45, 7) is 10.9. The van der Waals surface area contributed by atoms with Gasteiger partial charge in [-0.15, -0.1) is 0 Å². The molecule has 0 amide bonds. The fourth-order valence-electron chi connectivity index (χ4n) is 5.18. The van der Waals surface area contributed by atoms with Crippen molar-refractivity contribution in [3.63, 3.8) is 0 Å². The summed E-state index contributed by atoms with van der Waals surface area (Å²) in [6, 6.07) is 6.88. The van der Waals surface area contributed by atoms with E-state index in [0.29, 0.717) is 47.6 Å². The first-order chi connectivity index (χ1) is 16.7. The molecule has 0 saturated carbocycles. The van der Waals surface area contributed by atoms with Gasteiger partial charge in [0.05, 0.1) is 35.1 Å². The molecule has 1 atom stereocenters. The van der Waals surface area contributed by atoms with Crippen molar-refractivity contribution in [3.05, 3.63) is 75.0 Å². The zero-order valence-corrected chi connectivity index (χ0v) is 20.5. The average Bonchev–Trinajstić information content (AvgIpc) is 3.18. The molecule has 7 heteroatoms. The Labute approximate surface area is 204 Å². The van der Waals surface area contributed by atoms with Gasteiger partial charge in [0, 0.05) is 29.2 Å². The number of rotatable bonds is 7. The molecule has 6 nitrogen and oxygen atoms in total. The Kier molecular flexibility index (Phi) is 6.01. The summed E-state index contributed by atoms with van der Waals surface area (Å²) in [5.41, 5.74) is 2.99. The van der Waals surface area contributed by atoms with Gasteiger partial charge >= 0.3 is 0 Å². The minimum absolute atomic E-state index is 0.0806. The van der Waals surface area contributed by atoms with Crippen LogP contribution in [-0.4, -0.2) is 27.4 Å². The van der Waals surface area contributed by atoms with Crippen LogP contribution in [0.15, 0.2) is 41.4 Å². The molecular weight excluding hydrogens is 447 g/mol. The quantitative estimate of drug-likeness (QED) is 0.381. The van der Waals surface area contributed by atoms with E-state index >= 15 is 0 Å². The van der Waals surface area contributed by atoms with Crippen LogP contribution in [0.1, 0.15) is 62.3 Å². The van der Waals surface area contributed by atoms with Crippen molar-refractivity contribution < 1.29 is 19.0 Å². The molecule has 0 spiro atoms. The topological polar surface area (TPSA) is 73.6 Å². The molecule has 0 bridgehead atoms. The molecule has 2 aliphatic rings. The number of benzene rings is 1. The Bertz CT molecular complexity index is 1390.